The Bertz CT molecular complexity index is 715. The Morgan fingerprint density at radius 1 is 1.11 bits per heavy atom. The lowest BCUT2D eigenvalue weighted by atomic mass is 9.96. The van der Waals surface area contributed by atoms with Crippen molar-refractivity contribution in [2.45, 2.75) is 25.8 Å². The topological polar surface area (TPSA) is 79.1 Å². The van der Waals surface area contributed by atoms with Crippen LogP contribution in [0.3, 0.4) is 0 Å². The van der Waals surface area contributed by atoms with Crippen LogP contribution in [0.5, 0.6) is 5.75 Å². The maximum Gasteiger partial charge on any atom is 0.314 e. The number of primary amides is 1. The summed E-state index contributed by atoms with van der Waals surface area (Å²) in [5.41, 5.74) is 7.99. The van der Waals surface area contributed by atoms with Crippen LogP contribution in [0.4, 0.5) is 4.79 Å². The predicted molar refractivity (Wildman–Crippen MR) is 101 cm³/mol. The fraction of sp³-hybridized carbons (Fsp3) is 0.600. The molecule has 0 aromatic heterocycles. The van der Waals surface area contributed by atoms with E-state index in [-0.39, 0.29) is 11.8 Å². The minimum atomic E-state index is -0.419. The van der Waals surface area contributed by atoms with E-state index in [2.05, 4.69) is 23.1 Å². The molecule has 7 nitrogen and oxygen atoms in total. The molecule has 0 saturated carbocycles. The number of urea groups is 1. The van der Waals surface area contributed by atoms with Gasteiger partial charge in [0.25, 0.3) is 0 Å². The normalized spacial score (nSPS) is 23.0. The van der Waals surface area contributed by atoms with Gasteiger partial charge in [-0.3, -0.25) is 9.69 Å². The molecule has 3 heterocycles. The molecule has 2 fully saturated rings. The van der Waals surface area contributed by atoms with Gasteiger partial charge in [0.1, 0.15) is 5.75 Å². The summed E-state index contributed by atoms with van der Waals surface area (Å²) in [7, 11) is 0. The summed E-state index contributed by atoms with van der Waals surface area (Å²) in [5.74, 6) is 1.09. The highest BCUT2D eigenvalue weighted by atomic mass is 16.5. The molecule has 1 atom stereocenters. The van der Waals surface area contributed by atoms with Crippen molar-refractivity contribution < 1.29 is 14.3 Å². The first-order chi connectivity index (χ1) is 13.1. The van der Waals surface area contributed by atoms with Crippen LogP contribution in [0, 0.1) is 5.92 Å². The first-order valence-corrected chi connectivity index (χ1v) is 9.90. The van der Waals surface area contributed by atoms with Crippen molar-refractivity contribution in [2.24, 2.45) is 11.7 Å². The van der Waals surface area contributed by atoms with E-state index in [0.717, 1.165) is 64.3 Å². The molecule has 0 spiro atoms. The van der Waals surface area contributed by atoms with Crippen LogP contribution in [0.1, 0.15) is 24.0 Å². The highest BCUT2D eigenvalue weighted by molar-refractivity contribution is 5.80. The van der Waals surface area contributed by atoms with Gasteiger partial charge in [0.05, 0.1) is 12.5 Å². The molecule has 0 aliphatic carbocycles. The van der Waals surface area contributed by atoms with Crippen LogP contribution < -0.4 is 10.5 Å². The third-order valence-corrected chi connectivity index (χ3v) is 5.93. The van der Waals surface area contributed by atoms with Crippen LogP contribution >= 0.6 is 0 Å². The third kappa shape index (κ3) is 4.03. The molecule has 0 unspecified atom stereocenters. The molecule has 4 rings (SSSR count). The Morgan fingerprint density at radius 3 is 2.70 bits per heavy atom. The maximum atomic E-state index is 12.8. The van der Waals surface area contributed by atoms with Crippen molar-refractivity contribution in [3.05, 3.63) is 29.3 Å². The molecule has 27 heavy (non-hydrogen) atoms. The molecule has 7 heteroatoms. The smallest absolute Gasteiger partial charge is 0.314 e. The standard InChI is InChI=1S/C20H28N4O3/c21-20(26)24-6-1-2-17(14-24)19(25)23-9-7-22(8-10-23)13-15-3-4-18-16(12-15)5-11-27-18/h3-4,12,17H,1-2,5-11,13-14H2,(H2,21,26)/t17-/m0/s1. The quantitative estimate of drug-likeness (QED) is 0.860. The molecule has 1 aromatic rings. The van der Waals surface area contributed by atoms with E-state index in [1.807, 2.05) is 4.90 Å². The van der Waals surface area contributed by atoms with Gasteiger partial charge in [-0.15, -0.1) is 0 Å². The Hall–Kier alpha value is -2.28. The number of likely N-dealkylation sites (tertiary alicyclic amines) is 1. The van der Waals surface area contributed by atoms with Crippen molar-refractivity contribution in [3.63, 3.8) is 0 Å². The Morgan fingerprint density at radius 2 is 1.93 bits per heavy atom. The highest BCUT2D eigenvalue weighted by Crippen LogP contribution is 2.26. The average molecular weight is 372 g/mol. The Labute approximate surface area is 160 Å². The predicted octanol–water partition coefficient (Wildman–Crippen LogP) is 1.06. The van der Waals surface area contributed by atoms with Crippen LogP contribution in [-0.2, 0) is 17.8 Å². The lowest BCUT2D eigenvalue weighted by Crippen LogP contribution is -2.53. The van der Waals surface area contributed by atoms with Crippen LogP contribution in [0.2, 0.25) is 0 Å². The first-order valence-electron chi connectivity index (χ1n) is 9.90. The number of amides is 3. The molecule has 146 valence electrons. The van der Waals surface area contributed by atoms with Gasteiger partial charge >= 0.3 is 6.03 Å². The molecule has 3 aliphatic heterocycles. The molecular formula is C20H28N4O3. The van der Waals surface area contributed by atoms with Crippen molar-refractivity contribution >= 4 is 11.9 Å². The first kappa shape index (κ1) is 18.1. The zero-order valence-corrected chi connectivity index (χ0v) is 15.7. The number of benzene rings is 1. The van der Waals surface area contributed by atoms with Gasteiger partial charge in [-0.25, -0.2) is 4.79 Å². The third-order valence-electron chi connectivity index (χ3n) is 5.93. The number of ether oxygens (including phenoxy) is 1. The van der Waals surface area contributed by atoms with Crippen LogP contribution in [0.15, 0.2) is 18.2 Å². The number of nitrogens with zero attached hydrogens (tertiary/aromatic N) is 3. The summed E-state index contributed by atoms with van der Waals surface area (Å²) >= 11 is 0. The average Bonchev–Trinajstić information content (AvgIpc) is 3.16. The van der Waals surface area contributed by atoms with Gasteiger partial charge in [-0.2, -0.15) is 0 Å². The van der Waals surface area contributed by atoms with Crippen molar-refractivity contribution in [3.8, 4) is 5.75 Å². The number of hydrogen-bond donors (Lipinski definition) is 1. The van der Waals surface area contributed by atoms with E-state index in [9.17, 15) is 9.59 Å². The number of piperidine rings is 1. The van der Waals surface area contributed by atoms with Gasteiger partial charge in [-0.1, -0.05) is 12.1 Å². The minimum Gasteiger partial charge on any atom is -0.493 e. The fourth-order valence-electron chi connectivity index (χ4n) is 4.36. The molecule has 3 aliphatic rings. The van der Waals surface area contributed by atoms with Gasteiger partial charge in [0, 0.05) is 52.2 Å². The summed E-state index contributed by atoms with van der Waals surface area (Å²) in [5, 5.41) is 0. The molecule has 3 amide bonds. The minimum absolute atomic E-state index is 0.102. The van der Waals surface area contributed by atoms with Gasteiger partial charge in [0.15, 0.2) is 0 Å². The highest BCUT2D eigenvalue weighted by Gasteiger charge is 2.32. The van der Waals surface area contributed by atoms with Crippen molar-refractivity contribution in [1.29, 1.82) is 0 Å². The lowest BCUT2D eigenvalue weighted by molar-refractivity contribution is -0.138. The second-order valence-corrected chi connectivity index (χ2v) is 7.77. The number of fused-ring (bicyclic) bond motifs is 1. The summed E-state index contributed by atoms with van der Waals surface area (Å²) in [4.78, 5) is 30.2. The van der Waals surface area contributed by atoms with E-state index in [1.54, 1.807) is 4.90 Å². The van der Waals surface area contributed by atoms with Crippen molar-refractivity contribution in [1.82, 2.24) is 14.7 Å². The zero-order chi connectivity index (χ0) is 18.8. The number of piperazine rings is 1. The largest absolute Gasteiger partial charge is 0.493 e. The molecule has 1 aromatic carbocycles. The maximum absolute atomic E-state index is 12.8. The number of nitrogens with two attached hydrogens (primary N) is 1. The van der Waals surface area contributed by atoms with E-state index in [4.69, 9.17) is 10.5 Å². The van der Waals surface area contributed by atoms with Crippen LogP contribution in [0.25, 0.3) is 0 Å². The van der Waals surface area contributed by atoms with E-state index >= 15 is 0 Å². The summed E-state index contributed by atoms with van der Waals surface area (Å²) in [6, 6.07) is 6.05. The lowest BCUT2D eigenvalue weighted by Gasteiger charge is -2.38. The summed E-state index contributed by atoms with van der Waals surface area (Å²) in [6.07, 6.45) is 2.69. The second-order valence-electron chi connectivity index (χ2n) is 7.77. The Kier molecular flexibility index (Phi) is 5.20. The number of rotatable bonds is 3. The number of carbonyl (C=O) groups excluding carboxylic acids is 2. The Balaban J connectivity index is 1.28. The molecule has 0 radical (unpaired) electrons. The molecule has 2 N–H and O–H groups in total. The summed E-state index contributed by atoms with van der Waals surface area (Å²) in [6.45, 7) is 6.09. The van der Waals surface area contributed by atoms with Gasteiger partial charge in [0.2, 0.25) is 5.91 Å². The monoisotopic (exact) mass is 372 g/mol. The molecular weight excluding hydrogens is 344 g/mol. The molecule has 0 bridgehead atoms. The zero-order valence-electron chi connectivity index (χ0n) is 15.7. The van der Waals surface area contributed by atoms with E-state index in [1.165, 1.54) is 11.1 Å². The van der Waals surface area contributed by atoms with Crippen LogP contribution in [-0.4, -0.2) is 72.5 Å². The number of carbonyl (C=O) groups is 2. The second kappa shape index (κ2) is 7.76. The summed E-state index contributed by atoms with van der Waals surface area (Å²) < 4.78 is 5.57. The van der Waals surface area contributed by atoms with Gasteiger partial charge < -0.3 is 20.3 Å². The van der Waals surface area contributed by atoms with Gasteiger partial charge in [-0.05, 0) is 30.0 Å². The van der Waals surface area contributed by atoms with E-state index < -0.39 is 6.03 Å². The number of hydrogen-bond acceptors (Lipinski definition) is 4. The van der Waals surface area contributed by atoms with Crippen molar-refractivity contribution in [2.75, 3.05) is 45.9 Å². The van der Waals surface area contributed by atoms with E-state index in [0.29, 0.717) is 13.1 Å². The molecule has 2 saturated heterocycles. The fourth-order valence-corrected chi connectivity index (χ4v) is 4.36. The SMILES string of the molecule is NC(=O)N1CCC[C@H](C(=O)N2CCN(Cc3ccc4c(c3)CCO4)CC2)C1.